The predicted molar refractivity (Wildman–Crippen MR) is 131 cm³/mol. The highest BCUT2D eigenvalue weighted by atomic mass is 35.5. The van der Waals surface area contributed by atoms with Crippen molar-refractivity contribution in [3.05, 3.63) is 39.5 Å². The number of thiazole rings is 1. The second kappa shape index (κ2) is 9.99. The van der Waals surface area contributed by atoms with Gasteiger partial charge in [0.1, 0.15) is 9.96 Å². The molecule has 0 atom stereocenters. The second-order valence-electron chi connectivity index (χ2n) is 7.42. The molecular weight excluding hydrogens is 502 g/mol. The molecule has 174 valence electrons. The normalized spacial score (nSPS) is 16.2. The fraction of sp³-hybridized carbons (Fsp3) is 0.364. The molecule has 1 amide bonds. The lowest BCUT2D eigenvalue weighted by Crippen LogP contribution is -2.40. The number of sulfonamides is 1. The molecule has 0 saturated carbocycles. The number of halogens is 1. The Morgan fingerprint density at radius 3 is 2.67 bits per heavy atom. The van der Waals surface area contributed by atoms with Crippen LogP contribution in [0.3, 0.4) is 0 Å². The van der Waals surface area contributed by atoms with Crippen LogP contribution in [-0.2, 0) is 21.4 Å². The number of rotatable bonds is 6. The van der Waals surface area contributed by atoms with Crippen LogP contribution in [0.1, 0.15) is 19.8 Å². The van der Waals surface area contributed by atoms with Crippen LogP contribution in [0.15, 0.2) is 39.5 Å². The highest BCUT2D eigenvalue weighted by Crippen LogP contribution is 2.31. The quantitative estimate of drug-likeness (QED) is 0.458. The SMILES string of the molecule is C#CCn1c(=NC(=O)C2CCN(S(=O)(=O)c3ccc(Cl)s3)CC2)sc2cc(OCC)ccc21. The predicted octanol–water partition coefficient (Wildman–Crippen LogP) is 3.98. The van der Waals surface area contributed by atoms with Crippen molar-refractivity contribution in [1.82, 2.24) is 8.87 Å². The van der Waals surface area contributed by atoms with E-state index in [1.54, 1.807) is 6.07 Å². The molecule has 1 aliphatic heterocycles. The molecule has 1 saturated heterocycles. The zero-order chi connectivity index (χ0) is 23.6. The van der Waals surface area contributed by atoms with E-state index in [9.17, 15) is 13.2 Å². The zero-order valence-corrected chi connectivity index (χ0v) is 21.1. The van der Waals surface area contributed by atoms with Gasteiger partial charge in [-0.3, -0.25) is 4.79 Å². The van der Waals surface area contributed by atoms with Crippen LogP contribution in [0.4, 0.5) is 0 Å². The molecular formula is C22H22ClN3O4S3. The third-order valence-electron chi connectivity index (χ3n) is 5.37. The van der Waals surface area contributed by atoms with Gasteiger partial charge in [0, 0.05) is 19.0 Å². The Morgan fingerprint density at radius 1 is 1.27 bits per heavy atom. The van der Waals surface area contributed by atoms with Crippen molar-refractivity contribution >= 4 is 60.4 Å². The van der Waals surface area contributed by atoms with Crippen molar-refractivity contribution in [3.63, 3.8) is 0 Å². The second-order valence-corrected chi connectivity index (χ2v) is 12.3. The molecule has 33 heavy (non-hydrogen) atoms. The molecule has 0 spiro atoms. The first-order chi connectivity index (χ1) is 15.8. The minimum atomic E-state index is -3.60. The van der Waals surface area contributed by atoms with Crippen molar-refractivity contribution < 1.29 is 17.9 Å². The largest absolute Gasteiger partial charge is 0.494 e. The minimum absolute atomic E-state index is 0.217. The molecule has 0 N–H and O–H groups in total. The number of carbonyl (C=O) groups excluding carboxylic acids is 1. The lowest BCUT2D eigenvalue weighted by molar-refractivity contribution is -0.122. The first kappa shape index (κ1) is 24.0. The Bertz CT molecular complexity index is 1390. The van der Waals surface area contributed by atoms with Crippen LogP contribution >= 0.6 is 34.3 Å². The average molecular weight is 524 g/mol. The Labute approximate surface area is 205 Å². The summed E-state index contributed by atoms with van der Waals surface area (Å²) >= 11 is 8.31. The van der Waals surface area contributed by atoms with Crippen molar-refractivity contribution in [2.75, 3.05) is 19.7 Å². The van der Waals surface area contributed by atoms with Crippen LogP contribution in [-0.4, -0.2) is 42.9 Å². The van der Waals surface area contributed by atoms with E-state index in [0.29, 0.717) is 35.1 Å². The van der Waals surface area contributed by atoms with E-state index in [0.717, 1.165) is 27.3 Å². The van der Waals surface area contributed by atoms with Gasteiger partial charge in [-0.05, 0) is 50.1 Å². The van der Waals surface area contributed by atoms with Gasteiger partial charge in [-0.25, -0.2) is 8.42 Å². The summed E-state index contributed by atoms with van der Waals surface area (Å²) in [6, 6.07) is 8.78. The Hall–Kier alpha value is -2.16. The van der Waals surface area contributed by atoms with Crippen LogP contribution < -0.4 is 9.54 Å². The number of terminal acetylenes is 1. The van der Waals surface area contributed by atoms with Gasteiger partial charge in [0.25, 0.3) is 15.9 Å². The molecule has 0 radical (unpaired) electrons. The number of fused-ring (bicyclic) bond motifs is 1. The minimum Gasteiger partial charge on any atom is -0.494 e. The maximum Gasteiger partial charge on any atom is 0.252 e. The number of thiophene rings is 1. The van der Waals surface area contributed by atoms with Gasteiger partial charge in [0.2, 0.25) is 0 Å². The number of aromatic nitrogens is 1. The summed E-state index contributed by atoms with van der Waals surface area (Å²) in [4.78, 5) is 17.9. The molecule has 4 rings (SSSR count). The molecule has 2 aromatic heterocycles. The number of benzene rings is 1. The molecule has 7 nitrogen and oxygen atoms in total. The maximum absolute atomic E-state index is 13.0. The smallest absolute Gasteiger partial charge is 0.252 e. The highest BCUT2D eigenvalue weighted by Gasteiger charge is 2.33. The van der Waals surface area contributed by atoms with E-state index >= 15 is 0 Å². The first-order valence-corrected chi connectivity index (χ1v) is 13.8. The van der Waals surface area contributed by atoms with E-state index < -0.39 is 10.0 Å². The number of piperidine rings is 1. The topological polar surface area (TPSA) is 81.0 Å². The van der Waals surface area contributed by atoms with Gasteiger partial charge >= 0.3 is 0 Å². The Balaban J connectivity index is 1.54. The zero-order valence-electron chi connectivity index (χ0n) is 17.9. The van der Waals surface area contributed by atoms with Crippen LogP contribution in [0.2, 0.25) is 4.34 Å². The summed E-state index contributed by atoms with van der Waals surface area (Å²) < 4.78 is 36.0. The Morgan fingerprint density at radius 2 is 2.03 bits per heavy atom. The van der Waals surface area contributed by atoms with E-state index in [1.807, 2.05) is 29.7 Å². The fourth-order valence-electron chi connectivity index (χ4n) is 3.73. The standard InChI is InChI=1S/C22H22ClN3O4S3/c1-3-11-26-17-6-5-16(30-4-2)14-18(17)31-22(26)24-21(27)15-9-12-25(13-10-15)33(28,29)20-8-7-19(23)32-20/h1,5-8,14-15H,4,9-13H2,2H3. The summed E-state index contributed by atoms with van der Waals surface area (Å²) in [6.45, 7) is 3.30. The van der Waals surface area contributed by atoms with Crippen molar-refractivity contribution in [1.29, 1.82) is 0 Å². The summed E-state index contributed by atoms with van der Waals surface area (Å²) in [5, 5.41) is 0. The average Bonchev–Trinajstić information content (AvgIpc) is 3.38. The third kappa shape index (κ3) is 5.03. The molecule has 11 heteroatoms. The van der Waals surface area contributed by atoms with Gasteiger partial charge in [-0.15, -0.1) is 17.8 Å². The summed E-state index contributed by atoms with van der Waals surface area (Å²) in [5.74, 6) is 2.77. The third-order valence-corrected chi connectivity index (χ3v) is 10.0. The number of nitrogens with zero attached hydrogens (tertiary/aromatic N) is 3. The monoisotopic (exact) mass is 523 g/mol. The fourth-order valence-corrected chi connectivity index (χ4v) is 7.90. The van der Waals surface area contributed by atoms with E-state index in [2.05, 4.69) is 10.9 Å². The van der Waals surface area contributed by atoms with E-state index in [4.69, 9.17) is 22.8 Å². The van der Waals surface area contributed by atoms with Crippen LogP contribution in [0.5, 0.6) is 5.75 Å². The molecule has 3 aromatic rings. The van der Waals surface area contributed by atoms with Gasteiger partial charge in [0.05, 0.1) is 27.7 Å². The van der Waals surface area contributed by atoms with Crippen molar-refractivity contribution in [3.8, 4) is 18.1 Å². The number of hydrogen-bond donors (Lipinski definition) is 0. The summed E-state index contributed by atoms with van der Waals surface area (Å²) in [5.41, 5.74) is 0.892. The van der Waals surface area contributed by atoms with E-state index in [-0.39, 0.29) is 29.1 Å². The molecule has 0 aliphatic carbocycles. The molecule has 1 fully saturated rings. The highest BCUT2D eigenvalue weighted by molar-refractivity contribution is 7.91. The van der Waals surface area contributed by atoms with Gasteiger partial charge < -0.3 is 9.30 Å². The summed E-state index contributed by atoms with van der Waals surface area (Å²) in [7, 11) is -3.60. The molecule has 0 bridgehead atoms. The van der Waals surface area contributed by atoms with Crippen LogP contribution in [0, 0.1) is 18.3 Å². The number of carbonyl (C=O) groups is 1. The van der Waals surface area contributed by atoms with Gasteiger partial charge in [-0.2, -0.15) is 9.30 Å². The molecule has 3 heterocycles. The molecule has 1 aliphatic rings. The van der Waals surface area contributed by atoms with Gasteiger partial charge in [-0.1, -0.05) is 28.9 Å². The van der Waals surface area contributed by atoms with Crippen molar-refractivity contribution in [2.45, 2.75) is 30.5 Å². The Kier molecular flexibility index (Phi) is 7.26. The van der Waals surface area contributed by atoms with E-state index in [1.165, 1.54) is 21.7 Å². The lowest BCUT2D eigenvalue weighted by Gasteiger charge is -2.29. The molecule has 0 unspecified atom stereocenters. The maximum atomic E-state index is 13.0. The number of hydrogen-bond acceptors (Lipinski definition) is 6. The van der Waals surface area contributed by atoms with Gasteiger partial charge in [0.15, 0.2) is 4.80 Å². The number of amides is 1. The first-order valence-electron chi connectivity index (χ1n) is 10.4. The summed E-state index contributed by atoms with van der Waals surface area (Å²) in [6.07, 6.45) is 6.37. The van der Waals surface area contributed by atoms with Crippen molar-refractivity contribution in [2.24, 2.45) is 10.9 Å². The lowest BCUT2D eigenvalue weighted by atomic mass is 9.98. The number of ether oxygens (including phenoxy) is 1. The van der Waals surface area contributed by atoms with Crippen LogP contribution in [0.25, 0.3) is 10.2 Å². The molecule has 1 aromatic carbocycles.